The third-order valence-electron chi connectivity index (χ3n) is 4.73. The molecule has 0 saturated carbocycles. The lowest BCUT2D eigenvalue weighted by molar-refractivity contribution is 0.593. The van der Waals surface area contributed by atoms with Crippen molar-refractivity contribution in [1.29, 1.82) is 0 Å². The van der Waals surface area contributed by atoms with Crippen LogP contribution in [0.25, 0.3) is 32.3 Å². The maximum Gasteiger partial charge on any atom is 0.164 e. The zero-order valence-electron chi connectivity index (χ0n) is 13.0. The first-order chi connectivity index (χ1) is 11.4. The van der Waals surface area contributed by atoms with Crippen LogP contribution in [-0.4, -0.2) is 0 Å². The van der Waals surface area contributed by atoms with Crippen LogP contribution in [0.15, 0.2) is 36.4 Å². The second kappa shape index (κ2) is 5.30. The van der Waals surface area contributed by atoms with Crippen molar-refractivity contribution in [2.75, 3.05) is 0 Å². The average molecular weight is 361 g/mol. The van der Waals surface area contributed by atoms with E-state index in [0.29, 0.717) is 10.9 Å². The van der Waals surface area contributed by atoms with Gasteiger partial charge in [0.05, 0.1) is 5.02 Å². The Morgan fingerprint density at radius 2 is 1.38 bits per heavy atom. The van der Waals surface area contributed by atoms with E-state index in [1.54, 1.807) is 0 Å². The summed E-state index contributed by atoms with van der Waals surface area (Å²) in [6, 6.07) is 11.9. The maximum atomic E-state index is 14.8. The molecule has 0 fully saturated rings. The molecule has 0 atom stereocenters. The predicted octanol–water partition coefficient (Wildman–Crippen LogP) is 7.35. The van der Waals surface area contributed by atoms with E-state index in [9.17, 15) is 8.78 Å². The maximum absolute atomic E-state index is 14.8. The zero-order chi connectivity index (χ0) is 17.2. The monoisotopic (exact) mass is 360 g/mol. The molecule has 0 radical (unpaired) electrons. The van der Waals surface area contributed by atoms with Gasteiger partial charge in [0.1, 0.15) is 5.02 Å². The van der Waals surface area contributed by atoms with Gasteiger partial charge in [-0.05, 0) is 46.5 Å². The lowest BCUT2D eigenvalue weighted by atomic mass is 9.89. The van der Waals surface area contributed by atoms with Crippen molar-refractivity contribution in [2.24, 2.45) is 0 Å². The van der Waals surface area contributed by atoms with Crippen molar-refractivity contribution in [3.05, 3.63) is 69.2 Å². The van der Waals surface area contributed by atoms with E-state index in [4.69, 9.17) is 23.2 Å². The van der Waals surface area contributed by atoms with Gasteiger partial charge in [0, 0.05) is 10.8 Å². The number of fused-ring (bicyclic) bond motifs is 4. The molecule has 0 aliphatic heterocycles. The van der Waals surface area contributed by atoms with Crippen LogP contribution in [0.5, 0.6) is 0 Å². The number of aryl methyl sites for hydroxylation is 2. The summed E-state index contributed by atoms with van der Waals surface area (Å²) >= 11 is 12.0. The Kier molecular flexibility index (Phi) is 3.45. The molecule has 0 heterocycles. The van der Waals surface area contributed by atoms with E-state index in [0.717, 1.165) is 27.1 Å². The molecule has 4 aromatic carbocycles. The van der Waals surface area contributed by atoms with Crippen molar-refractivity contribution in [1.82, 2.24) is 0 Å². The highest BCUT2D eigenvalue weighted by Gasteiger charge is 2.23. The highest BCUT2D eigenvalue weighted by molar-refractivity contribution is 6.40. The van der Waals surface area contributed by atoms with E-state index in [2.05, 4.69) is 0 Å². The molecule has 0 bridgehead atoms. The number of hydrogen-bond donors (Lipinski definition) is 0. The van der Waals surface area contributed by atoms with Crippen LogP contribution >= 0.6 is 23.2 Å². The van der Waals surface area contributed by atoms with Gasteiger partial charge in [0.15, 0.2) is 11.6 Å². The predicted molar refractivity (Wildman–Crippen MR) is 98.4 cm³/mol. The molecule has 0 amide bonds. The molecule has 120 valence electrons. The topological polar surface area (TPSA) is 0 Å². The lowest BCUT2D eigenvalue weighted by Crippen LogP contribution is -1.97. The molecule has 4 aromatic rings. The Morgan fingerprint density at radius 1 is 0.667 bits per heavy atom. The SMILES string of the molecule is Cc1c2ccc3ccccc3c2c(C)c2c(F)c(Cl)c(F)c(Cl)c12. The quantitative estimate of drug-likeness (QED) is 0.133. The summed E-state index contributed by atoms with van der Waals surface area (Å²) in [5.41, 5.74) is 1.46. The van der Waals surface area contributed by atoms with Crippen molar-refractivity contribution in [3.8, 4) is 0 Å². The van der Waals surface area contributed by atoms with Gasteiger partial charge >= 0.3 is 0 Å². The van der Waals surface area contributed by atoms with Gasteiger partial charge in [-0.3, -0.25) is 0 Å². The number of hydrogen-bond acceptors (Lipinski definition) is 0. The molecule has 4 heteroatoms. The van der Waals surface area contributed by atoms with E-state index in [1.807, 2.05) is 50.2 Å². The molecular formula is C20H12Cl2F2. The Hall–Kier alpha value is -1.90. The fourth-order valence-electron chi connectivity index (χ4n) is 3.58. The number of benzene rings is 4. The number of halogens is 4. The van der Waals surface area contributed by atoms with Gasteiger partial charge < -0.3 is 0 Å². The van der Waals surface area contributed by atoms with Crippen LogP contribution in [0.1, 0.15) is 11.1 Å². The van der Waals surface area contributed by atoms with E-state index < -0.39 is 16.7 Å². The summed E-state index contributed by atoms with van der Waals surface area (Å²) < 4.78 is 29.0. The summed E-state index contributed by atoms with van der Waals surface area (Å²) in [6.07, 6.45) is 0. The molecule has 0 aliphatic carbocycles. The molecule has 0 unspecified atom stereocenters. The van der Waals surface area contributed by atoms with Crippen LogP contribution in [0.3, 0.4) is 0 Å². The van der Waals surface area contributed by atoms with Gasteiger partial charge in [-0.15, -0.1) is 0 Å². The number of rotatable bonds is 0. The Balaban J connectivity index is 2.41. The van der Waals surface area contributed by atoms with Crippen molar-refractivity contribution < 1.29 is 8.78 Å². The van der Waals surface area contributed by atoms with Crippen LogP contribution in [-0.2, 0) is 0 Å². The second-order valence-corrected chi connectivity index (χ2v) is 6.72. The highest BCUT2D eigenvalue weighted by atomic mass is 35.5. The van der Waals surface area contributed by atoms with Crippen LogP contribution in [0, 0.1) is 25.5 Å². The molecule has 0 N–H and O–H groups in total. The minimum atomic E-state index is -0.911. The summed E-state index contributed by atoms with van der Waals surface area (Å²) in [5.74, 6) is -1.67. The summed E-state index contributed by atoms with van der Waals surface area (Å²) in [4.78, 5) is 0. The van der Waals surface area contributed by atoms with Gasteiger partial charge in [0.25, 0.3) is 0 Å². The molecule has 24 heavy (non-hydrogen) atoms. The van der Waals surface area contributed by atoms with Crippen LogP contribution in [0.2, 0.25) is 10.0 Å². The highest BCUT2D eigenvalue weighted by Crippen LogP contribution is 2.43. The third-order valence-corrected chi connectivity index (χ3v) is 5.41. The Bertz CT molecular complexity index is 1160. The smallest absolute Gasteiger partial charge is 0.164 e. The van der Waals surface area contributed by atoms with Gasteiger partial charge in [0.2, 0.25) is 0 Å². The first-order valence-electron chi connectivity index (χ1n) is 7.49. The van der Waals surface area contributed by atoms with E-state index in [1.165, 1.54) is 0 Å². The minimum Gasteiger partial charge on any atom is -0.205 e. The molecule has 0 spiro atoms. The van der Waals surface area contributed by atoms with Crippen molar-refractivity contribution >= 4 is 55.5 Å². The fraction of sp³-hybridized carbons (Fsp3) is 0.100. The second-order valence-electron chi connectivity index (χ2n) is 5.97. The molecule has 4 rings (SSSR count). The first-order valence-corrected chi connectivity index (χ1v) is 8.25. The van der Waals surface area contributed by atoms with Crippen molar-refractivity contribution in [2.45, 2.75) is 13.8 Å². The molecule has 0 saturated heterocycles. The molecular weight excluding hydrogens is 349 g/mol. The fourth-order valence-corrected chi connectivity index (χ4v) is 4.15. The van der Waals surface area contributed by atoms with Gasteiger partial charge in [-0.1, -0.05) is 59.6 Å². The van der Waals surface area contributed by atoms with Gasteiger partial charge in [-0.25, -0.2) is 8.78 Å². The van der Waals surface area contributed by atoms with E-state index in [-0.39, 0.29) is 10.4 Å². The third kappa shape index (κ3) is 1.90. The summed E-state index contributed by atoms with van der Waals surface area (Å²) in [7, 11) is 0. The van der Waals surface area contributed by atoms with Crippen LogP contribution in [0.4, 0.5) is 8.78 Å². The average Bonchev–Trinajstić information content (AvgIpc) is 2.60. The van der Waals surface area contributed by atoms with Gasteiger partial charge in [-0.2, -0.15) is 0 Å². The van der Waals surface area contributed by atoms with E-state index >= 15 is 0 Å². The largest absolute Gasteiger partial charge is 0.205 e. The summed E-state index contributed by atoms with van der Waals surface area (Å²) in [5, 5.41) is 3.93. The normalized spacial score (nSPS) is 11.8. The Labute approximate surface area is 147 Å². The molecule has 0 nitrogen and oxygen atoms in total. The molecule has 0 aromatic heterocycles. The zero-order valence-corrected chi connectivity index (χ0v) is 14.5. The minimum absolute atomic E-state index is 0.132. The van der Waals surface area contributed by atoms with Crippen LogP contribution < -0.4 is 0 Å². The standard InChI is InChI=1S/C20H12Cl2F2/c1-9-12-8-7-11-5-3-4-6-13(11)14(12)10(2)16-15(9)17(21)20(24)18(22)19(16)23/h3-8H,1-2H3. The lowest BCUT2D eigenvalue weighted by Gasteiger charge is -2.17. The molecule has 0 aliphatic rings. The van der Waals surface area contributed by atoms with Crippen molar-refractivity contribution in [3.63, 3.8) is 0 Å². The Morgan fingerprint density at radius 3 is 2.12 bits per heavy atom. The summed E-state index contributed by atoms with van der Waals surface area (Å²) in [6.45, 7) is 3.65. The first kappa shape index (κ1) is 15.6.